The highest BCUT2D eigenvalue weighted by atomic mass is 32.1. The largest absolute Gasteiger partial charge is 0.486 e. The van der Waals surface area contributed by atoms with Crippen LogP contribution in [0.2, 0.25) is 0 Å². The molecule has 0 aliphatic carbocycles. The van der Waals surface area contributed by atoms with Crippen molar-refractivity contribution in [2.45, 2.75) is 33.9 Å². The van der Waals surface area contributed by atoms with E-state index < -0.39 is 0 Å². The van der Waals surface area contributed by atoms with Crippen LogP contribution in [0.3, 0.4) is 0 Å². The summed E-state index contributed by atoms with van der Waals surface area (Å²) in [4.78, 5) is 13.5. The van der Waals surface area contributed by atoms with E-state index in [4.69, 9.17) is 4.74 Å². The van der Waals surface area contributed by atoms with Crippen LogP contribution in [0, 0.1) is 13.8 Å². The second-order valence-corrected chi connectivity index (χ2v) is 6.36. The fourth-order valence-electron chi connectivity index (χ4n) is 2.29. The van der Waals surface area contributed by atoms with E-state index in [2.05, 4.69) is 25.2 Å². The Kier molecular flexibility index (Phi) is 5.03. The number of tetrazole rings is 1. The lowest BCUT2D eigenvalue weighted by Gasteiger charge is -2.09. The molecule has 0 bridgehead atoms. The molecule has 0 saturated heterocycles. The van der Waals surface area contributed by atoms with Crippen molar-refractivity contribution >= 4 is 23.1 Å². The molecule has 0 saturated carbocycles. The molecule has 1 amide bonds. The average molecular weight is 358 g/mol. The molecule has 0 aliphatic heterocycles. The van der Waals surface area contributed by atoms with Gasteiger partial charge in [0.25, 0.3) is 5.91 Å². The second-order valence-electron chi connectivity index (χ2n) is 5.38. The first-order chi connectivity index (χ1) is 12.1. The maximum atomic E-state index is 12.5. The zero-order valence-electron chi connectivity index (χ0n) is 14.2. The van der Waals surface area contributed by atoms with Crippen molar-refractivity contribution in [3.63, 3.8) is 0 Å². The minimum atomic E-state index is -0.199. The van der Waals surface area contributed by atoms with Gasteiger partial charge in [0, 0.05) is 17.0 Å². The first-order valence-corrected chi connectivity index (χ1v) is 8.58. The second kappa shape index (κ2) is 7.39. The molecule has 0 radical (unpaired) electrons. The normalized spacial score (nSPS) is 10.7. The number of carbonyl (C=O) groups is 1. The van der Waals surface area contributed by atoms with Gasteiger partial charge in [0.15, 0.2) is 5.82 Å². The molecular weight excluding hydrogens is 340 g/mol. The summed E-state index contributed by atoms with van der Waals surface area (Å²) in [6.07, 6.45) is 0. The number of nitrogens with zero attached hydrogens (tertiary/aromatic N) is 5. The number of amides is 1. The molecule has 130 valence electrons. The summed E-state index contributed by atoms with van der Waals surface area (Å²) >= 11 is 1.37. The Bertz CT molecular complexity index is 869. The van der Waals surface area contributed by atoms with Crippen LogP contribution in [0.4, 0.5) is 5.69 Å². The molecule has 0 fully saturated rings. The Balaban J connectivity index is 1.69. The minimum absolute atomic E-state index is 0.199. The lowest BCUT2D eigenvalue weighted by Crippen LogP contribution is -2.13. The van der Waals surface area contributed by atoms with E-state index in [0.717, 1.165) is 16.3 Å². The van der Waals surface area contributed by atoms with Crippen LogP contribution >= 0.6 is 11.5 Å². The Morgan fingerprint density at radius 1 is 1.36 bits per heavy atom. The van der Waals surface area contributed by atoms with Gasteiger partial charge < -0.3 is 10.1 Å². The van der Waals surface area contributed by atoms with Crippen LogP contribution in [0.1, 0.15) is 33.7 Å². The molecule has 1 aromatic carbocycles. The number of hydrogen-bond donors (Lipinski definition) is 1. The number of benzene rings is 1. The van der Waals surface area contributed by atoms with Crippen molar-refractivity contribution in [1.82, 2.24) is 24.6 Å². The van der Waals surface area contributed by atoms with E-state index in [-0.39, 0.29) is 12.5 Å². The third kappa shape index (κ3) is 3.82. The molecule has 9 heteroatoms. The number of nitrogens with one attached hydrogen (secondary N) is 1. The first-order valence-electron chi connectivity index (χ1n) is 7.80. The molecule has 0 spiro atoms. The molecule has 0 aliphatic rings. The molecule has 3 aromatic rings. The summed E-state index contributed by atoms with van der Waals surface area (Å²) in [5.41, 5.74) is 2.09. The zero-order valence-corrected chi connectivity index (χ0v) is 15.0. The van der Waals surface area contributed by atoms with Crippen LogP contribution in [-0.2, 0) is 13.2 Å². The van der Waals surface area contributed by atoms with E-state index in [0.29, 0.717) is 23.7 Å². The maximum absolute atomic E-state index is 12.5. The summed E-state index contributed by atoms with van der Waals surface area (Å²) < 4.78 is 11.6. The summed E-state index contributed by atoms with van der Waals surface area (Å²) in [6.45, 7) is 6.66. The topological polar surface area (TPSA) is 94.8 Å². The van der Waals surface area contributed by atoms with Crippen molar-refractivity contribution in [3.05, 3.63) is 46.2 Å². The van der Waals surface area contributed by atoms with E-state index in [1.807, 2.05) is 20.8 Å². The fraction of sp³-hybridized carbons (Fsp3) is 0.312. The van der Waals surface area contributed by atoms with Crippen LogP contribution < -0.4 is 10.1 Å². The van der Waals surface area contributed by atoms with Gasteiger partial charge in [0.05, 0.1) is 11.4 Å². The standard InChI is InChI=1S/C16H18N6O2S/c1-4-22-14(18-20-21-22)9-24-13-7-5-6-12(8-13)16(23)17-15-10(2)19-25-11(15)3/h5-8H,4,9H2,1-3H3,(H,17,23). The predicted octanol–water partition coefficient (Wildman–Crippen LogP) is 2.60. The van der Waals surface area contributed by atoms with Crippen LogP contribution in [-0.4, -0.2) is 30.5 Å². The number of hydrogen-bond acceptors (Lipinski definition) is 7. The molecule has 2 aromatic heterocycles. The van der Waals surface area contributed by atoms with Crippen molar-refractivity contribution in [1.29, 1.82) is 0 Å². The first kappa shape index (κ1) is 17.0. The van der Waals surface area contributed by atoms with Gasteiger partial charge in [-0.15, -0.1) is 5.10 Å². The molecule has 0 unspecified atom stereocenters. The number of rotatable bonds is 6. The number of aromatic nitrogens is 5. The molecule has 0 atom stereocenters. The highest BCUT2D eigenvalue weighted by Crippen LogP contribution is 2.24. The summed E-state index contributed by atoms with van der Waals surface area (Å²) in [5.74, 6) is 1.01. The van der Waals surface area contributed by atoms with Gasteiger partial charge in [-0.2, -0.15) is 4.37 Å². The fourth-order valence-corrected chi connectivity index (χ4v) is 2.95. The predicted molar refractivity (Wildman–Crippen MR) is 93.8 cm³/mol. The summed E-state index contributed by atoms with van der Waals surface area (Å²) in [7, 11) is 0. The quantitative estimate of drug-likeness (QED) is 0.728. The van der Waals surface area contributed by atoms with Gasteiger partial charge in [0.2, 0.25) is 0 Å². The van der Waals surface area contributed by atoms with Gasteiger partial charge in [-0.1, -0.05) is 6.07 Å². The number of carbonyl (C=O) groups excluding carboxylic acids is 1. The van der Waals surface area contributed by atoms with Crippen LogP contribution in [0.15, 0.2) is 24.3 Å². The van der Waals surface area contributed by atoms with Crippen molar-refractivity contribution in [2.75, 3.05) is 5.32 Å². The SMILES string of the molecule is CCn1nnnc1COc1cccc(C(=O)Nc2c(C)nsc2C)c1. The highest BCUT2D eigenvalue weighted by Gasteiger charge is 2.13. The Morgan fingerprint density at radius 3 is 2.92 bits per heavy atom. The van der Waals surface area contributed by atoms with Gasteiger partial charge in [0.1, 0.15) is 12.4 Å². The molecule has 2 heterocycles. The van der Waals surface area contributed by atoms with E-state index >= 15 is 0 Å². The maximum Gasteiger partial charge on any atom is 0.255 e. The number of aryl methyl sites for hydroxylation is 3. The number of anilines is 1. The van der Waals surface area contributed by atoms with Crippen molar-refractivity contribution in [3.8, 4) is 5.75 Å². The Labute approximate surface area is 149 Å². The third-order valence-electron chi connectivity index (χ3n) is 3.64. The molecule has 3 rings (SSSR count). The smallest absolute Gasteiger partial charge is 0.255 e. The van der Waals surface area contributed by atoms with Gasteiger partial charge in [-0.05, 0) is 60.9 Å². The Morgan fingerprint density at radius 2 is 2.20 bits per heavy atom. The van der Waals surface area contributed by atoms with Crippen molar-refractivity contribution in [2.24, 2.45) is 0 Å². The number of ether oxygens (including phenoxy) is 1. The lowest BCUT2D eigenvalue weighted by atomic mass is 10.2. The van der Waals surface area contributed by atoms with Gasteiger partial charge in [-0.3, -0.25) is 4.79 Å². The molecule has 1 N–H and O–H groups in total. The van der Waals surface area contributed by atoms with E-state index in [1.54, 1.807) is 28.9 Å². The third-order valence-corrected chi connectivity index (χ3v) is 4.48. The molecular formula is C16H18N6O2S. The molecule has 25 heavy (non-hydrogen) atoms. The summed E-state index contributed by atoms with van der Waals surface area (Å²) in [6, 6.07) is 7.00. The Hall–Kier alpha value is -2.81. The van der Waals surface area contributed by atoms with E-state index in [9.17, 15) is 4.79 Å². The zero-order chi connectivity index (χ0) is 17.8. The van der Waals surface area contributed by atoms with Gasteiger partial charge >= 0.3 is 0 Å². The highest BCUT2D eigenvalue weighted by molar-refractivity contribution is 7.06. The monoisotopic (exact) mass is 358 g/mol. The summed E-state index contributed by atoms with van der Waals surface area (Å²) in [5, 5.41) is 14.3. The van der Waals surface area contributed by atoms with Crippen LogP contribution in [0.5, 0.6) is 5.75 Å². The average Bonchev–Trinajstić information content (AvgIpc) is 3.21. The van der Waals surface area contributed by atoms with E-state index in [1.165, 1.54) is 11.5 Å². The minimum Gasteiger partial charge on any atom is -0.486 e. The lowest BCUT2D eigenvalue weighted by molar-refractivity contribution is 0.102. The van der Waals surface area contributed by atoms with Gasteiger partial charge in [-0.25, -0.2) is 4.68 Å². The molecule has 8 nitrogen and oxygen atoms in total. The van der Waals surface area contributed by atoms with Crippen molar-refractivity contribution < 1.29 is 9.53 Å². The van der Waals surface area contributed by atoms with Crippen LogP contribution in [0.25, 0.3) is 0 Å².